The SMILES string of the molecule is CC(=C=CCl)CCCC(C)CCCC(C)CCCC(C)C. The van der Waals surface area contributed by atoms with Crippen molar-refractivity contribution >= 4 is 11.6 Å². The molecule has 0 radical (unpaired) electrons. The summed E-state index contributed by atoms with van der Waals surface area (Å²) in [4.78, 5) is 0. The van der Waals surface area contributed by atoms with Crippen molar-refractivity contribution in [2.45, 2.75) is 92.4 Å². The lowest BCUT2D eigenvalue weighted by Crippen LogP contribution is -2.00. The molecule has 0 N–H and O–H groups in total. The number of halogens is 1. The van der Waals surface area contributed by atoms with Gasteiger partial charge < -0.3 is 0 Å². The summed E-state index contributed by atoms with van der Waals surface area (Å²) in [6.07, 6.45) is 12.2. The largest absolute Gasteiger partial charge is 0.110 e. The minimum atomic E-state index is 0.862. The van der Waals surface area contributed by atoms with E-state index in [9.17, 15) is 0 Å². The van der Waals surface area contributed by atoms with E-state index in [0.29, 0.717) is 0 Å². The number of hydrogen-bond acceptors (Lipinski definition) is 0. The lowest BCUT2D eigenvalue weighted by Gasteiger charge is -2.15. The van der Waals surface area contributed by atoms with E-state index >= 15 is 0 Å². The third kappa shape index (κ3) is 14.5. The first-order valence-electron chi connectivity index (χ1n) is 8.96. The van der Waals surface area contributed by atoms with Crippen LogP contribution < -0.4 is 0 Å². The van der Waals surface area contributed by atoms with E-state index in [1.165, 1.54) is 62.5 Å². The fraction of sp³-hybridized carbons (Fsp3) is 0.850. The lowest BCUT2D eigenvalue weighted by molar-refractivity contribution is 0.389. The first-order valence-corrected chi connectivity index (χ1v) is 9.40. The molecule has 0 amide bonds. The molecule has 0 aromatic rings. The van der Waals surface area contributed by atoms with E-state index < -0.39 is 0 Å². The molecule has 0 heterocycles. The third-order valence-electron chi connectivity index (χ3n) is 4.42. The Morgan fingerprint density at radius 2 is 1.33 bits per heavy atom. The summed E-state index contributed by atoms with van der Waals surface area (Å²) in [6.45, 7) is 11.6. The summed E-state index contributed by atoms with van der Waals surface area (Å²) in [7, 11) is 0. The molecule has 0 aromatic heterocycles. The molecule has 0 aliphatic carbocycles. The van der Waals surface area contributed by atoms with Gasteiger partial charge in [0.15, 0.2) is 0 Å². The van der Waals surface area contributed by atoms with Gasteiger partial charge in [0.1, 0.15) is 0 Å². The quantitative estimate of drug-likeness (QED) is 0.323. The minimum absolute atomic E-state index is 0.862. The van der Waals surface area contributed by atoms with Crippen LogP contribution in [0.2, 0.25) is 0 Å². The minimum Gasteiger partial charge on any atom is -0.110 e. The van der Waals surface area contributed by atoms with E-state index in [0.717, 1.165) is 24.2 Å². The summed E-state index contributed by atoms with van der Waals surface area (Å²) in [5, 5.41) is 0. The third-order valence-corrected chi connectivity index (χ3v) is 4.53. The van der Waals surface area contributed by atoms with Crippen LogP contribution in [-0.2, 0) is 0 Å². The fourth-order valence-corrected chi connectivity index (χ4v) is 3.05. The standard InChI is InChI=1S/C20H37Cl/c1-17(2)9-6-10-18(3)11-7-12-19(4)13-8-14-20(5)15-16-21/h16-19H,6-14H2,1-5H3. The Morgan fingerprint density at radius 3 is 1.81 bits per heavy atom. The van der Waals surface area contributed by atoms with Gasteiger partial charge in [-0.3, -0.25) is 0 Å². The van der Waals surface area contributed by atoms with Crippen LogP contribution in [0.5, 0.6) is 0 Å². The smallest absolute Gasteiger partial charge is 0.0462 e. The molecule has 2 atom stereocenters. The molecular formula is C20H37Cl. The second-order valence-electron chi connectivity index (χ2n) is 7.39. The van der Waals surface area contributed by atoms with Gasteiger partial charge in [0.05, 0.1) is 0 Å². The zero-order chi connectivity index (χ0) is 16.1. The van der Waals surface area contributed by atoms with Gasteiger partial charge in [-0.2, -0.15) is 0 Å². The molecule has 0 rings (SSSR count). The van der Waals surface area contributed by atoms with Crippen molar-refractivity contribution in [1.29, 1.82) is 0 Å². The van der Waals surface area contributed by atoms with Crippen LogP contribution in [0.1, 0.15) is 92.4 Å². The molecule has 21 heavy (non-hydrogen) atoms. The van der Waals surface area contributed by atoms with Gasteiger partial charge in [-0.15, -0.1) is 5.73 Å². The van der Waals surface area contributed by atoms with Gasteiger partial charge >= 0.3 is 0 Å². The topological polar surface area (TPSA) is 0 Å². The molecule has 2 unspecified atom stereocenters. The fourth-order valence-electron chi connectivity index (χ4n) is 2.86. The summed E-state index contributed by atoms with van der Waals surface area (Å²) in [5.41, 5.74) is 5.84. The second-order valence-corrected chi connectivity index (χ2v) is 7.61. The van der Waals surface area contributed by atoms with E-state index in [1.807, 2.05) is 0 Å². The van der Waals surface area contributed by atoms with Crippen molar-refractivity contribution in [3.05, 3.63) is 16.8 Å². The Balaban J connectivity index is 3.56. The van der Waals surface area contributed by atoms with Crippen LogP contribution >= 0.6 is 11.6 Å². The number of hydrogen-bond donors (Lipinski definition) is 0. The molecule has 0 bridgehead atoms. The molecular weight excluding hydrogens is 276 g/mol. The Labute approximate surface area is 139 Å². The molecule has 0 saturated heterocycles. The Bertz CT molecular complexity index is 297. The Morgan fingerprint density at radius 1 is 0.857 bits per heavy atom. The molecule has 0 aliphatic rings. The zero-order valence-electron chi connectivity index (χ0n) is 15.1. The highest BCUT2D eigenvalue weighted by atomic mass is 35.5. The molecule has 0 aliphatic heterocycles. The van der Waals surface area contributed by atoms with Crippen molar-refractivity contribution in [2.75, 3.05) is 0 Å². The van der Waals surface area contributed by atoms with Crippen molar-refractivity contribution in [3.8, 4) is 0 Å². The zero-order valence-corrected chi connectivity index (χ0v) is 15.8. The number of allylic oxidation sites excluding steroid dienone is 1. The van der Waals surface area contributed by atoms with E-state index in [1.54, 1.807) is 0 Å². The first kappa shape index (κ1) is 20.8. The second kappa shape index (κ2) is 13.5. The predicted molar refractivity (Wildman–Crippen MR) is 97.8 cm³/mol. The highest BCUT2D eigenvalue weighted by Gasteiger charge is 2.06. The number of rotatable bonds is 12. The van der Waals surface area contributed by atoms with Gasteiger partial charge in [0.2, 0.25) is 0 Å². The molecule has 124 valence electrons. The molecule has 0 spiro atoms. The highest BCUT2D eigenvalue weighted by Crippen LogP contribution is 2.21. The highest BCUT2D eigenvalue weighted by molar-refractivity contribution is 6.25. The van der Waals surface area contributed by atoms with Gasteiger partial charge in [-0.05, 0) is 43.1 Å². The van der Waals surface area contributed by atoms with Crippen molar-refractivity contribution < 1.29 is 0 Å². The molecule has 0 nitrogen and oxygen atoms in total. The average molecular weight is 313 g/mol. The van der Waals surface area contributed by atoms with E-state index in [4.69, 9.17) is 11.6 Å². The van der Waals surface area contributed by atoms with Crippen LogP contribution in [0, 0.1) is 17.8 Å². The normalized spacial score (nSPS) is 13.9. The predicted octanol–water partition coefficient (Wildman–Crippen LogP) is 7.72. The van der Waals surface area contributed by atoms with E-state index in [2.05, 4.69) is 40.3 Å². The van der Waals surface area contributed by atoms with Gasteiger partial charge in [0.25, 0.3) is 0 Å². The van der Waals surface area contributed by atoms with Crippen molar-refractivity contribution in [3.63, 3.8) is 0 Å². The van der Waals surface area contributed by atoms with Crippen LogP contribution in [0.15, 0.2) is 16.8 Å². The summed E-state index contributed by atoms with van der Waals surface area (Å²) < 4.78 is 0. The van der Waals surface area contributed by atoms with Crippen LogP contribution in [0.25, 0.3) is 0 Å². The lowest BCUT2D eigenvalue weighted by atomic mass is 9.91. The molecule has 1 heteroatoms. The average Bonchev–Trinajstić information content (AvgIpc) is 2.38. The maximum Gasteiger partial charge on any atom is 0.0462 e. The molecule has 0 saturated carbocycles. The molecule has 0 aromatic carbocycles. The van der Waals surface area contributed by atoms with Crippen molar-refractivity contribution in [2.24, 2.45) is 17.8 Å². The van der Waals surface area contributed by atoms with E-state index in [-0.39, 0.29) is 0 Å². The van der Waals surface area contributed by atoms with Gasteiger partial charge in [0, 0.05) is 5.54 Å². The van der Waals surface area contributed by atoms with Gasteiger partial charge in [-0.1, -0.05) is 84.2 Å². The monoisotopic (exact) mass is 312 g/mol. The maximum absolute atomic E-state index is 5.53. The van der Waals surface area contributed by atoms with Gasteiger partial charge in [-0.25, -0.2) is 0 Å². The van der Waals surface area contributed by atoms with Crippen molar-refractivity contribution in [1.82, 2.24) is 0 Å². The summed E-state index contributed by atoms with van der Waals surface area (Å²) in [6, 6.07) is 0. The van der Waals surface area contributed by atoms with Crippen LogP contribution in [0.3, 0.4) is 0 Å². The van der Waals surface area contributed by atoms with Crippen LogP contribution in [-0.4, -0.2) is 0 Å². The van der Waals surface area contributed by atoms with Crippen LogP contribution in [0.4, 0.5) is 0 Å². The Hall–Kier alpha value is -0.190. The molecule has 0 fully saturated rings. The Kier molecular flexibility index (Phi) is 13.3. The maximum atomic E-state index is 5.53. The summed E-state index contributed by atoms with van der Waals surface area (Å²) in [5.74, 6) is 2.64. The summed E-state index contributed by atoms with van der Waals surface area (Å²) >= 11 is 5.53. The first-order chi connectivity index (χ1) is 9.95.